The van der Waals surface area contributed by atoms with Gasteiger partial charge in [0.15, 0.2) is 15.0 Å². The van der Waals surface area contributed by atoms with Crippen LogP contribution >= 0.6 is 33.9 Å². The van der Waals surface area contributed by atoms with Gasteiger partial charge >= 0.3 is 0 Å². The molecule has 0 radical (unpaired) electrons. The maximum absolute atomic E-state index is 12.2. The first-order valence-corrected chi connectivity index (χ1v) is 11.8. The van der Waals surface area contributed by atoms with Crippen molar-refractivity contribution in [2.45, 2.75) is 37.4 Å². The maximum Gasteiger partial charge on any atom is 0.227 e. The molecule has 1 saturated carbocycles. The Bertz CT molecular complexity index is 841. The van der Waals surface area contributed by atoms with Crippen LogP contribution in [0.25, 0.3) is 11.3 Å². The molecule has 1 N–H and O–H groups in total. The first-order valence-electron chi connectivity index (χ1n) is 8.17. The Balaban J connectivity index is 1.55. The van der Waals surface area contributed by atoms with Crippen LogP contribution in [0.3, 0.4) is 0 Å². The van der Waals surface area contributed by atoms with E-state index in [4.69, 9.17) is 0 Å². The molecule has 8 heteroatoms. The molecular weight excluding hydrogens is 471 g/mol. The summed E-state index contributed by atoms with van der Waals surface area (Å²) < 4.78 is 25.6. The molecule has 1 aromatic heterocycles. The highest BCUT2D eigenvalue weighted by Gasteiger charge is 2.28. The van der Waals surface area contributed by atoms with Crippen LogP contribution in [0.4, 0.5) is 5.13 Å². The van der Waals surface area contributed by atoms with Crippen molar-refractivity contribution in [3.63, 3.8) is 0 Å². The lowest BCUT2D eigenvalue weighted by molar-refractivity contribution is -0.115. The molecule has 1 amide bonds. The number of benzene rings is 1. The summed E-state index contributed by atoms with van der Waals surface area (Å²) in [5, 5.41) is 4.83. The van der Waals surface area contributed by atoms with Gasteiger partial charge in [0.05, 0.1) is 16.7 Å². The molecule has 0 saturated heterocycles. The van der Waals surface area contributed by atoms with Crippen molar-refractivity contribution in [2.24, 2.45) is 0 Å². The van der Waals surface area contributed by atoms with Gasteiger partial charge in [0, 0.05) is 20.9 Å². The van der Waals surface area contributed by atoms with Crippen LogP contribution in [0.5, 0.6) is 0 Å². The first kappa shape index (κ1) is 18.8. The smallest absolute Gasteiger partial charge is 0.227 e. The lowest BCUT2D eigenvalue weighted by Gasteiger charge is -2.10. The summed E-state index contributed by atoms with van der Waals surface area (Å²) in [4.78, 5) is 16.5. The molecule has 1 fully saturated rings. The summed E-state index contributed by atoms with van der Waals surface area (Å²) >= 11 is 3.58. The van der Waals surface area contributed by atoms with Crippen molar-refractivity contribution in [3.05, 3.63) is 33.2 Å². The van der Waals surface area contributed by atoms with Crippen molar-refractivity contribution in [2.75, 3.05) is 11.1 Å². The van der Waals surface area contributed by atoms with Gasteiger partial charge in [-0.3, -0.25) is 4.79 Å². The number of nitrogens with zero attached hydrogens (tertiary/aromatic N) is 1. The Morgan fingerprint density at radius 3 is 2.60 bits per heavy atom. The number of sulfone groups is 1. The average Bonchev–Trinajstić information content (AvgIpc) is 3.26. The number of carbonyl (C=O) groups is 1. The second kappa shape index (κ2) is 8.13. The lowest BCUT2D eigenvalue weighted by Crippen LogP contribution is -2.24. The van der Waals surface area contributed by atoms with Crippen molar-refractivity contribution < 1.29 is 13.2 Å². The van der Waals surface area contributed by atoms with Crippen LogP contribution < -0.4 is 5.32 Å². The number of hydrogen-bond donors (Lipinski definition) is 1. The third-order valence-electron chi connectivity index (χ3n) is 4.31. The minimum absolute atomic E-state index is 0.0166. The molecule has 3 rings (SSSR count). The quantitative estimate of drug-likeness (QED) is 0.619. The Hall–Kier alpha value is -1.000. The second-order valence-corrected chi connectivity index (χ2v) is 10.6. The summed E-state index contributed by atoms with van der Waals surface area (Å²) in [5.74, 6) is -0.385. The number of amides is 1. The number of nitrogens with one attached hydrogen (secondary N) is 1. The molecule has 134 valence electrons. The summed E-state index contributed by atoms with van der Waals surface area (Å²) in [6.07, 6.45) is 3.38. The predicted octanol–water partition coefficient (Wildman–Crippen LogP) is 4.10. The number of carbonyl (C=O) groups excluding carboxylic acids is 1. The van der Waals surface area contributed by atoms with Crippen LogP contribution in [0, 0.1) is 3.57 Å². The lowest BCUT2D eigenvalue weighted by atomic mass is 10.2. The van der Waals surface area contributed by atoms with Crippen molar-refractivity contribution >= 4 is 54.8 Å². The maximum atomic E-state index is 12.2. The molecule has 2 aromatic rings. The highest BCUT2D eigenvalue weighted by molar-refractivity contribution is 14.1. The Labute approximate surface area is 165 Å². The fraction of sp³-hybridized carbons (Fsp3) is 0.412. The van der Waals surface area contributed by atoms with Crippen molar-refractivity contribution in [3.8, 4) is 11.3 Å². The summed E-state index contributed by atoms with van der Waals surface area (Å²) in [7, 11) is -3.17. The van der Waals surface area contributed by atoms with Gasteiger partial charge in [-0.2, -0.15) is 0 Å². The molecule has 1 heterocycles. The number of aromatic nitrogens is 1. The van der Waals surface area contributed by atoms with Crippen LogP contribution in [-0.4, -0.2) is 30.3 Å². The minimum Gasteiger partial charge on any atom is -0.302 e. The molecule has 0 atom stereocenters. The minimum atomic E-state index is -3.17. The van der Waals surface area contributed by atoms with E-state index in [9.17, 15) is 13.2 Å². The largest absolute Gasteiger partial charge is 0.302 e. The first-order chi connectivity index (χ1) is 11.9. The standard InChI is InChI=1S/C17H19IN2O3S2/c18-13-7-5-12(6-8-13)15-11-24-17(19-15)20-16(21)9-10-25(22,23)14-3-1-2-4-14/h5-8,11,14H,1-4,9-10H2,(H,19,20,21). The molecule has 0 unspecified atom stereocenters. The average molecular weight is 490 g/mol. The molecule has 1 aliphatic carbocycles. The van der Waals surface area contributed by atoms with Crippen molar-refractivity contribution in [1.29, 1.82) is 0 Å². The van der Waals surface area contributed by atoms with Crippen LogP contribution in [-0.2, 0) is 14.6 Å². The number of rotatable bonds is 6. The number of thiazole rings is 1. The monoisotopic (exact) mass is 490 g/mol. The van der Waals surface area contributed by atoms with E-state index in [1.165, 1.54) is 11.3 Å². The molecule has 0 aliphatic heterocycles. The van der Waals surface area contributed by atoms with E-state index >= 15 is 0 Å². The summed E-state index contributed by atoms with van der Waals surface area (Å²) in [6, 6.07) is 7.97. The number of hydrogen-bond acceptors (Lipinski definition) is 5. The molecule has 0 spiro atoms. The predicted molar refractivity (Wildman–Crippen MR) is 110 cm³/mol. The highest BCUT2D eigenvalue weighted by Crippen LogP contribution is 2.27. The Kier molecular flexibility index (Phi) is 6.11. The van der Waals surface area contributed by atoms with Gasteiger partial charge in [-0.25, -0.2) is 13.4 Å². The molecule has 1 aliphatic rings. The SMILES string of the molecule is O=C(CCS(=O)(=O)C1CCCC1)Nc1nc(-c2ccc(I)cc2)cs1. The van der Waals surface area contributed by atoms with E-state index in [1.807, 2.05) is 29.6 Å². The highest BCUT2D eigenvalue weighted by atomic mass is 127. The topological polar surface area (TPSA) is 76.1 Å². The normalized spacial score (nSPS) is 15.4. The molecule has 25 heavy (non-hydrogen) atoms. The van der Waals surface area contributed by atoms with Crippen molar-refractivity contribution in [1.82, 2.24) is 4.98 Å². The van der Waals surface area contributed by atoms with E-state index in [1.54, 1.807) is 0 Å². The van der Waals surface area contributed by atoms with E-state index in [-0.39, 0.29) is 23.3 Å². The van der Waals surface area contributed by atoms with Gasteiger partial charge in [-0.15, -0.1) is 11.3 Å². The van der Waals surface area contributed by atoms with E-state index in [0.29, 0.717) is 5.13 Å². The molecule has 5 nitrogen and oxygen atoms in total. The van der Waals surface area contributed by atoms with Gasteiger partial charge in [0.25, 0.3) is 0 Å². The number of anilines is 1. The van der Waals surface area contributed by atoms with Gasteiger partial charge in [-0.05, 0) is 47.6 Å². The molecule has 0 bridgehead atoms. The van der Waals surface area contributed by atoms with E-state index in [2.05, 4.69) is 32.9 Å². The third kappa shape index (κ3) is 5.01. The molecular formula is C17H19IN2O3S2. The van der Waals surface area contributed by atoms with E-state index in [0.717, 1.165) is 40.5 Å². The van der Waals surface area contributed by atoms with E-state index < -0.39 is 9.84 Å². The summed E-state index contributed by atoms with van der Waals surface area (Å²) in [6.45, 7) is 0. The zero-order chi connectivity index (χ0) is 17.9. The molecule has 1 aromatic carbocycles. The Morgan fingerprint density at radius 2 is 1.92 bits per heavy atom. The van der Waals surface area contributed by atoms with Crippen LogP contribution in [0.1, 0.15) is 32.1 Å². The fourth-order valence-corrected chi connectivity index (χ4v) is 5.87. The second-order valence-electron chi connectivity index (χ2n) is 6.12. The van der Waals surface area contributed by atoms with Gasteiger partial charge in [0.1, 0.15) is 0 Å². The van der Waals surface area contributed by atoms with Crippen LogP contribution in [0.2, 0.25) is 0 Å². The summed E-state index contributed by atoms with van der Waals surface area (Å²) in [5.41, 5.74) is 1.79. The zero-order valence-electron chi connectivity index (χ0n) is 13.6. The van der Waals surface area contributed by atoms with Gasteiger partial charge in [-0.1, -0.05) is 25.0 Å². The zero-order valence-corrected chi connectivity index (χ0v) is 17.4. The number of halogens is 1. The fourth-order valence-electron chi connectivity index (χ4n) is 2.92. The van der Waals surface area contributed by atoms with Gasteiger partial charge < -0.3 is 5.32 Å². The third-order valence-corrected chi connectivity index (χ3v) is 8.05. The van der Waals surface area contributed by atoms with Gasteiger partial charge in [0.2, 0.25) is 5.91 Å². The Morgan fingerprint density at radius 1 is 1.24 bits per heavy atom. The van der Waals surface area contributed by atoms with Crippen LogP contribution in [0.15, 0.2) is 29.6 Å².